The Kier molecular flexibility index (Phi) is 10.8. The van der Waals surface area contributed by atoms with Gasteiger partial charge in [0.05, 0.1) is 0 Å². The Balaban J connectivity index is 0.00000243. The number of hydrogen-bond donors (Lipinski definition) is 0. The van der Waals surface area contributed by atoms with Crippen LogP contribution in [0.25, 0.3) is 21.9 Å². The van der Waals surface area contributed by atoms with E-state index in [2.05, 4.69) is 127 Å². The summed E-state index contributed by atoms with van der Waals surface area (Å²) < 4.78 is 45.8. The molecule has 256 valence electrons. The normalized spacial score (nSPS) is 14.4. The number of benzene rings is 5. The molecule has 0 atom stereocenters. The van der Waals surface area contributed by atoms with E-state index in [-0.39, 0.29) is 39.3 Å². The largest absolute Gasteiger partial charge is 1.00 e. The summed E-state index contributed by atoms with van der Waals surface area (Å²) in [5.41, 5.74) is 8.79. The molecule has 50 heavy (non-hydrogen) atoms. The molecule has 0 fully saturated rings. The van der Waals surface area contributed by atoms with Crippen LogP contribution in [0.2, 0.25) is 0 Å². The zero-order chi connectivity index (χ0) is 34.0. The van der Waals surface area contributed by atoms with Gasteiger partial charge in [-0.2, -0.15) is 0 Å². The Labute approximate surface area is 314 Å². The van der Waals surface area contributed by atoms with Crippen LogP contribution in [0.3, 0.4) is 0 Å². The molecule has 0 aliphatic heterocycles. The number of halogens is 5. The first-order valence-corrected chi connectivity index (χ1v) is 20.6. The fourth-order valence-electron chi connectivity index (χ4n) is 7.39. The zero-order valence-corrected chi connectivity index (χ0v) is 33.2. The molecule has 0 unspecified atom stereocenters. The summed E-state index contributed by atoms with van der Waals surface area (Å²) >= 11 is -3.26. The van der Waals surface area contributed by atoms with Gasteiger partial charge in [0, 0.05) is 0 Å². The molecular weight excluding hydrogens is 748 g/mol. The van der Waals surface area contributed by atoms with Crippen molar-refractivity contribution < 1.29 is 59.3 Å². The second-order valence-corrected chi connectivity index (χ2v) is 21.5. The van der Waals surface area contributed by atoms with Crippen LogP contribution in [0.5, 0.6) is 0 Å². The van der Waals surface area contributed by atoms with E-state index >= 15 is 0 Å². The number of allylic oxidation sites excluding steroid dienone is 4. The minimum absolute atomic E-state index is 0. The number of alkyl halides is 3. The SMILES string of the molecule is CC(C)(C)c1ccc2c(c1)[CH](/[Zr+2]([C]1=CC=CC1)=[C](/c1cccc(C(F)(F)F)c1)c1cccc3ccccc13)c1cc(C(C)(C)C)ccc1-2.[Cl-].[Cl-]. The van der Waals surface area contributed by atoms with Crippen molar-refractivity contribution in [3.8, 4) is 11.1 Å². The van der Waals surface area contributed by atoms with E-state index in [4.69, 9.17) is 0 Å². The fourth-order valence-corrected chi connectivity index (χ4v) is 16.4. The third-order valence-electron chi connectivity index (χ3n) is 9.96. The van der Waals surface area contributed by atoms with E-state index in [1.165, 1.54) is 48.8 Å². The quantitative estimate of drug-likeness (QED) is 0.202. The van der Waals surface area contributed by atoms with Crippen LogP contribution in [0.15, 0.2) is 125 Å². The molecule has 6 heteroatoms. The third-order valence-corrected chi connectivity index (χ3v) is 18.2. The van der Waals surface area contributed by atoms with Gasteiger partial charge in [0.1, 0.15) is 0 Å². The average molecular weight is 789 g/mol. The first-order valence-electron chi connectivity index (χ1n) is 16.8. The fraction of sp³-hybridized carbons (Fsp3) is 0.250. The Hall–Kier alpha value is -3.04. The van der Waals surface area contributed by atoms with Crippen molar-refractivity contribution in [2.24, 2.45) is 0 Å². The minimum Gasteiger partial charge on any atom is -1.00 e. The molecule has 0 heterocycles. The van der Waals surface area contributed by atoms with Gasteiger partial charge in [0.25, 0.3) is 0 Å². The van der Waals surface area contributed by atoms with Gasteiger partial charge < -0.3 is 24.8 Å². The van der Waals surface area contributed by atoms with Gasteiger partial charge in [-0.25, -0.2) is 0 Å². The van der Waals surface area contributed by atoms with Crippen molar-refractivity contribution in [3.63, 3.8) is 0 Å². The monoisotopic (exact) mass is 786 g/mol. The molecule has 0 radical (unpaired) electrons. The van der Waals surface area contributed by atoms with Crippen LogP contribution in [0.1, 0.15) is 90.5 Å². The molecule has 0 spiro atoms. The van der Waals surface area contributed by atoms with Crippen LogP contribution < -0.4 is 24.8 Å². The topological polar surface area (TPSA) is 0 Å². The van der Waals surface area contributed by atoms with Crippen LogP contribution in [-0.4, -0.2) is 3.21 Å². The van der Waals surface area contributed by atoms with E-state index in [1.54, 1.807) is 6.07 Å². The van der Waals surface area contributed by atoms with Gasteiger partial charge in [0.2, 0.25) is 0 Å². The van der Waals surface area contributed by atoms with Crippen LogP contribution >= 0.6 is 0 Å². The summed E-state index contributed by atoms with van der Waals surface area (Å²) in [6.45, 7) is 13.5. The van der Waals surface area contributed by atoms with E-state index < -0.39 is 33.0 Å². The second kappa shape index (κ2) is 14.2. The van der Waals surface area contributed by atoms with Crippen LogP contribution in [0.4, 0.5) is 13.2 Å². The van der Waals surface area contributed by atoms with Crippen LogP contribution in [0, 0.1) is 0 Å². The first-order chi connectivity index (χ1) is 22.7. The van der Waals surface area contributed by atoms with Crippen molar-refractivity contribution >= 4 is 14.0 Å². The molecule has 2 aliphatic rings. The van der Waals surface area contributed by atoms with E-state index in [0.29, 0.717) is 5.56 Å². The second-order valence-electron chi connectivity index (χ2n) is 15.3. The molecule has 0 saturated heterocycles. The van der Waals surface area contributed by atoms with Crippen molar-refractivity contribution in [3.05, 3.63) is 164 Å². The Bertz CT molecular complexity index is 2110. The van der Waals surface area contributed by atoms with Crippen molar-refractivity contribution in [2.45, 2.75) is 68.6 Å². The predicted octanol–water partition coefficient (Wildman–Crippen LogP) is 6.26. The Morgan fingerprint density at radius 3 is 1.78 bits per heavy atom. The molecule has 2 aliphatic carbocycles. The van der Waals surface area contributed by atoms with Gasteiger partial charge in [-0.05, 0) is 0 Å². The molecule has 0 N–H and O–H groups in total. The number of hydrogen-bond acceptors (Lipinski definition) is 0. The number of fused-ring (bicyclic) bond motifs is 4. The zero-order valence-electron chi connectivity index (χ0n) is 29.2. The molecular formula is C44H41Cl2F3Zr. The first kappa shape index (κ1) is 38.2. The van der Waals surface area contributed by atoms with Gasteiger partial charge in [-0.1, -0.05) is 0 Å². The maximum Gasteiger partial charge on any atom is -1.00 e. The molecule has 0 bridgehead atoms. The summed E-state index contributed by atoms with van der Waals surface area (Å²) in [5, 5.41) is 2.18. The van der Waals surface area contributed by atoms with E-state index in [9.17, 15) is 13.2 Å². The minimum atomic E-state index is -4.44. The van der Waals surface area contributed by atoms with Crippen molar-refractivity contribution in [1.82, 2.24) is 0 Å². The smallest absolute Gasteiger partial charge is 1.00 e. The number of rotatable bonds is 4. The third kappa shape index (κ3) is 7.06. The average Bonchev–Trinajstić information content (AvgIpc) is 3.69. The summed E-state index contributed by atoms with van der Waals surface area (Å²) in [4.78, 5) is 0. The van der Waals surface area contributed by atoms with Gasteiger partial charge >= 0.3 is 292 Å². The predicted molar refractivity (Wildman–Crippen MR) is 192 cm³/mol. The Morgan fingerprint density at radius 2 is 1.22 bits per heavy atom. The summed E-state index contributed by atoms with van der Waals surface area (Å²) in [6.07, 6.45) is 3.05. The molecule has 0 amide bonds. The summed E-state index contributed by atoms with van der Waals surface area (Å²) in [6, 6.07) is 34.7. The molecule has 0 nitrogen and oxygen atoms in total. The van der Waals surface area contributed by atoms with E-state index in [0.717, 1.165) is 26.0 Å². The Morgan fingerprint density at radius 1 is 0.640 bits per heavy atom. The van der Waals surface area contributed by atoms with E-state index in [1.807, 2.05) is 18.2 Å². The standard InChI is InChI=1S/C21H25.C18H11F3.C5H5.2ClH.Zr/c1-20(2,3)16-7-9-18-14(12-16)11-15-13-17(21(4,5)6)8-10-19(15)18;19-18(20,21)16-9-3-5-13(12-16)11-15-8-4-7-14-6-1-2-10-17(14)15;1-2-4-5-3-1;;;/h7-13H,1-6H3;1-10,12H;1-3H,4H2;2*1H;/q;;;;;+2/p-2. The summed E-state index contributed by atoms with van der Waals surface area (Å²) in [5.74, 6) is 0. The molecule has 0 saturated carbocycles. The molecule has 7 rings (SSSR count). The molecule has 0 aromatic heterocycles. The van der Waals surface area contributed by atoms with Crippen molar-refractivity contribution in [2.75, 3.05) is 0 Å². The molecule has 5 aromatic carbocycles. The van der Waals surface area contributed by atoms with Gasteiger partial charge in [-0.3, -0.25) is 0 Å². The van der Waals surface area contributed by atoms with Gasteiger partial charge in [0.15, 0.2) is 0 Å². The van der Waals surface area contributed by atoms with Gasteiger partial charge in [-0.15, -0.1) is 0 Å². The maximum absolute atomic E-state index is 14.4. The van der Waals surface area contributed by atoms with Crippen molar-refractivity contribution in [1.29, 1.82) is 0 Å². The van der Waals surface area contributed by atoms with Crippen LogP contribution in [-0.2, 0) is 38.3 Å². The summed E-state index contributed by atoms with van der Waals surface area (Å²) in [7, 11) is 0. The molecule has 5 aromatic rings. The maximum atomic E-state index is 14.4.